The fourth-order valence-electron chi connectivity index (χ4n) is 2.76. The summed E-state index contributed by atoms with van der Waals surface area (Å²) in [7, 11) is 2.09. The van der Waals surface area contributed by atoms with Crippen LogP contribution in [0.2, 0.25) is 0 Å². The molecular weight excluding hydrogens is 256 g/mol. The number of benzene rings is 1. The highest BCUT2D eigenvalue weighted by Crippen LogP contribution is 2.23. The predicted molar refractivity (Wildman–Crippen MR) is 84.1 cm³/mol. The summed E-state index contributed by atoms with van der Waals surface area (Å²) >= 11 is 0. The molecule has 0 radical (unpaired) electrons. The first kappa shape index (κ1) is 13.5. The van der Waals surface area contributed by atoms with Crippen LogP contribution in [-0.2, 0) is 7.05 Å². The van der Waals surface area contributed by atoms with Crippen LogP contribution in [0.1, 0.15) is 11.3 Å². The predicted octanol–water partition coefficient (Wildman–Crippen LogP) is 3.07. The van der Waals surface area contributed by atoms with Gasteiger partial charge in [0.1, 0.15) is 7.05 Å². The van der Waals surface area contributed by atoms with Crippen molar-refractivity contribution in [2.75, 3.05) is 0 Å². The largest absolute Gasteiger partial charge is 0.214 e. The summed E-state index contributed by atoms with van der Waals surface area (Å²) < 4.78 is 4.40. The monoisotopic (exact) mass is 276 g/mol. The molecule has 104 valence electrons. The van der Waals surface area contributed by atoms with Crippen molar-refractivity contribution < 1.29 is 9.13 Å². The molecule has 0 bridgehead atoms. The van der Waals surface area contributed by atoms with Crippen LogP contribution >= 0.6 is 0 Å². The average Bonchev–Trinajstić information content (AvgIpc) is 2.49. The van der Waals surface area contributed by atoms with E-state index in [0.717, 1.165) is 0 Å². The zero-order valence-corrected chi connectivity index (χ0v) is 12.7. The first-order valence-corrected chi connectivity index (χ1v) is 7.21. The molecular formula is C19H20N2+2. The minimum Gasteiger partial charge on any atom is -0.201 e. The van der Waals surface area contributed by atoms with Gasteiger partial charge in [0.15, 0.2) is 18.1 Å². The highest BCUT2D eigenvalue weighted by atomic mass is 15.0. The number of hydrogen-bond acceptors (Lipinski definition) is 0. The molecule has 2 nitrogen and oxygen atoms in total. The van der Waals surface area contributed by atoms with Crippen molar-refractivity contribution in [2.24, 2.45) is 7.05 Å². The number of nitrogens with zero attached hydrogens (tertiary/aromatic N) is 2. The molecule has 0 saturated carbocycles. The van der Waals surface area contributed by atoms with E-state index >= 15 is 0 Å². The van der Waals surface area contributed by atoms with Crippen LogP contribution in [-0.4, -0.2) is 0 Å². The van der Waals surface area contributed by atoms with Gasteiger partial charge in [0.05, 0.1) is 5.56 Å². The maximum absolute atomic E-state index is 2.24. The van der Waals surface area contributed by atoms with Gasteiger partial charge in [0, 0.05) is 42.8 Å². The molecule has 0 unspecified atom stereocenters. The van der Waals surface area contributed by atoms with Crippen LogP contribution in [0, 0.1) is 13.8 Å². The second kappa shape index (κ2) is 5.49. The van der Waals surface area contributed by atoms with Crippen LogP contribution in [0.4, 0.5) is 0 Å². The highest BCUT2D eigenvalue weighted by molar-refractivity contribution is 5.64. The van der Waals surface area contributed by atoms with Crippen LogP contribution in [0.25, 0.3) is 16.9 Å². The molecule has 0 fully saturated rings. The van der Waals surface area contributed by atoms with E-state index in [1.807, 2.05) is 0 Å². The third-order valence-electron chi connectivity index (χ3n) is 3.96. The van der Waals surface area contributed by atoms with Crippen molar-refractivity contribution in [1.29, 1.82) is 0 Å². The van der Waals surface area contributed by atoms with Gasteiger partial charge in [0.25, 0.3) is 0 Å². The van der Waals surface area contributed by atoms with Crippen LogP contribution in [0.15, 0.2) is 67.0 Å². The number of rotatable bonds is 2. The Morgan fingerprint density at radius 1 is 0.762 bits per heavy atom. The van der Waals surface area contributed by atoms with Crippen molar-refractivity contribution in [1.82, 2.24) is 0 Å². The van der Waals surface area contributed by atoms with E-state index in [1.165, 1.54) is 28.2 Å². The Kier molecular flexibility index (Phi) is 3.53. The molecule has 3 rings (SSSR count). The lowest BCUT2D eigenvalue weighted by Gasteiger charge is -2.07. The maximum atomic E-state index is 2.24. The van der Waals surface area contributed by atoms with E-state index in [-0.39, 0.29) is 0 Å². The van der Waals surface area contributed by atoms with Gasteiger partial charge in [-0.2, -0.15) is 4.57 Å². The number of pyridine rings is 2. The normalized spacial score (nSPS) is 10.6. The summed E-state index contributed by atoms with van der Waals surface area (Å²) in [5.74, 6) is 0. The van der Waals surface area contributed by atoms with Gasteiger partial charge in [-0.3, -0.25) is 0 Å². The average molecular weight is 276 g/mol. The Morgan fingerprint density at radius 2 is 1.52 bits per heavy atom. The number of hydrogen-bond donors (Lipinski definition) is 0. The Morgan fingerprint density at radius 3 is 2.29 bits per heavy atom. The van der Waals surface area contributed by atoms with Crippen molar-refractivity contribution in [3.8, 4) is 16.9 Å². The standard InChI is InChI=1S/C19H20N2/c1-15-9-4-7-14-21(15)18-12-8-10-17(16(18)2)19-11-5-6-13-20(19)3/h4-14H,1-3H3/q+2. The molecule has 0 atom stereocenters. The Balaban J connectivity index is 2.21. The zero-order valence-electron chi connectivity index (χ0n) is 12.7. The first-order valence-electron chi connectivity index (χ1n) is 7.21. The molecule has 0 aliphatic rings. The lowest BCUT2D eigenvalue weighted by molar-refractivity contribution is -0.660. The second-order valence-electron chi connectivity index (χ2n) is 5.36. The summed E-state index contributed by atoms with van der Waals surface area (Å²) in [4.78, 5) is 0. The molecule has 2 heterocycles. The van der Waals surface area contributed by atoms with Crippen LogP contribution in [0.3, 0.4) is 0 Å². The van der Waals surface area contributed by atoms with Gasteiger partial charge < -0.3 is 0 Å². The quantitative estimate of drug-likeness (QED) is 0.636. The van der Waals surface area contributed by atoms with Crippen molar-refractivity contribution in [3.63, 3.8) is 0 Å². The Hall–Kier alpha value is -2.48. The molecule has 1 aromatic carbocycles. The molecule has 2 heteroatoms. The third-order valence-corrected chi connectivity index (χ3v) is 3.96. The van der Waals surface area contributed by atoms with Crippen LogP contribution < -0.4 is 9.13 Å². The van der Waals surface area contributed by atoms with E-state index in [9.17, 15) is 0 Å². The number of aryl methyl sites for hydroxylation is 2. The van der Waals surface area contributed by atoms with Gasteiger partial charge in [-0.15, -0.1) is 0 Å². The lowest BCUT2D eigenvalue weighted by Crippen LogP contribution is -2.35. The first-order chi connectivity index (χ1) is 10.2. The van der Waals surface area contributed by atoms with E-state index in [2.05, 4.69) is 97.0 Å². The molecule has 0 spiro atoms. The Labute approximate surface area is 125 Å². The fourth-order valence-corrected chi connectivity index (χ4v) is 2.76. The molecule has 3 aromatic rings. The molecule has 2 aromatic heterocycles. The lowest BCUT2D eigenvalue weighted by atomic mass is 10.0. The summed E-state index contributed by atoms with van der Waals surface area (Å²) in [5, 5.41) is 0. The smallest absolute Gasteiger partial charge is 0.201 e. The maximum Gasteiger partial charge on any atom is 0.214 e. The summed E-state index contributed by atoms with van der Waals surface area (Å²) in [5.41, 5.74) is 6.25. The summed E-state index contributed by atoms with van der Waals surface area (Å²) in [6, 6.07) is 19.1. The van der Waals surface area contributed by atoms with Gasteiger partial charge >= 0.3 is 0 Å². The van der Waals surface area contributed by atoms with Crippen molar-refractivity contribution >= 4 is 0 Å². The third kappa shape index (κ3) is 2.45. The van der Waals surface area contributed by atoms with E-state index in [0.29, 0.717) is 0 Å². The van der Waals surface area contributed by atoms with E-state index < -0.39 is 0 Å². The molecule has 0 N–H and O–H groups in total. The van der Waals surface area contributed by atoms with Crippen molar-refractivity contribution in [3.05, 3.63) is 78.2 Å². The van der Waals surface area contributed by atoms with Gasteiger partial charge in [-0.25, -0.2) is 4.57 Å². The minimum absolute atomic E-state index is 1.23. The van der Waals surface area contributed by atoms with Crippen LogP contribution in [0.5, 0.6) is 0 Å². The van der Waals surface area contributed by atoms with Crippen molar-refractivity contribution in [2.45, 2.75) is 13.8 Å². The SMILES string of the molecule is Cc1c(-c2cccc[n+]2C)cccc1-[n+]1ccccc1C. The van der Waals surface area contributed by atoms with Gasteiger partial charge in [-0.05, 0) is 19.1 Å². The molecule has 0 aliphatic carbocycles. The fraction of sp³-hybridized carbons (Fsp3) is 0.158. The van der Waals surface area contributed by atoms with Gasteiger partial charge in [-0.1, -0.05) is 12.1 Å². The summed E-state index contributed by atoms with van der Waals surface area (Å²) in [6.45, 7) is 4.33. The Bertz CT molecular complexity index is 727. The van der Waals surface area contributed by atoms with Gasteiger partial charge in [0.2, 0.25) is 11.4 Å². The highest BCUT2D eigenvalue weighted by Gasteiger charge is 2.19. The number of aromatic nitrogens is 2. The molecule has 21 heavy (non-hydrogen) atoms. The minimum atomic E-state index is 1.23. The van der Waals surface area contributed by atoms with E-state index in [1.54, 1.807) is 0 Å². The topological polar surface area (TPSA) is 7.76 Å². The molecule has 0 amide bonds. The zero-order chi connectivity index (χ0) is 14.8. The van der Waals surface area contributed by atoms with E-state index in [4.69, 9.17) is 0 Å². The second-order valence-corrected chi connectivity index (χ2v) is 5.36. The molecule has 0 saturated heterocycles. The summed E-state index contributed by atoms with van der Waals surface area (Å²) in [6.07, 6.45) is 4.20. The molecule has 0 aliphatic heterocycles.